The molecule has 1 N–H and O–H groups in total. The van der Waals surface area contributed by atoms with Crippen LogP contribution in [0.25, 0.3) is 21.8 Å². The molecule has 3 aromatic rings. The molecule has 0 aliphatic rings. The van der Waals surface area contributed by atoms with Crippen LogP contribution in [0.2, 0.25) is 0 Å². The van der Waals surface area contributed by atoms with Gasteiger partial charge in [-0.05, 0) is 31.0 Å². The largest absolute Gasteiger partial charge is 0.496 e. The highest BCUT2D eigenvalue weighted by molar-refractivity contribution is 6.11. The number of para-hydroxylation sites is 1. The van der Waals surface area contributed by atoms with Gasteiger partial charge in [-0.25, -0.2) is 0 Å². The lowest BCUT2D eigenvalue weighted by molar-refractivity contribution is 0.417. The molecule has 0 radical (unpaired) electrons. The van der Waals surface area contributed by atoms with Gasteiger partial charge in [0.15, 0.2) is 0 Å². The van der Waals surface area contributed by atoms with E-state index in [9.17, 15) is 0 Å². The first-order chi connectivity index (χ1) is 8.22. The second-order valence-corrected chi connectivity index (χ2v) is 4.46. The molecule has 2 aromatic carbocycles. The number of H-pyrrole nitrogens is 1. The van der Waals surface area contributed by atoms with Crippen LogP contribution in [0, 0.1) is 13.8 Å². The Labute approximate surface area is 100 Å². The van der Waals surface area contributed by atoms with Crippen molar-refractivity contribution in [2.24, 2.45) is 0 Å². The molecule has 86 valence electrons. The predicted octanol–water partition coefficient (Wildman–Crippen LogP) is 3.95. The van der Waals surface area contributed by atoms with Crippen molar-refractivity contribution in [3.05, 3.63) is 41.5 Å². The Balaban J connectivity index is 2.61. The van der Waals surface area contributed by atoms with Crippen LogP contribution in [0.3, 0.4) is 0 Å². The minimum absolute atomic E-state index is 0.975. The summed E-state index contributed by atoms with van der Waals surface area (Å²) in [6, 6.07) is 10.5. The number of methoxy groups -OCH3 is 1. The Morgan fingerprint density at radius 3 is 2.59 bits per heavy atom. The van der Waals surface area contributed by atoms with Crippen LogP contribution in [0.1, 0.15) is 11.1 Å². The Kier molecular flexibility index (Phi) is 2.11. The van der Waals surface area contributed by atoms with Gasteiger partial charge in [0, 0.05) is 16.3 Å². The average molecular weight is 225 g/mol. The molecule has 3 rings (SSSR count). The monoisotopic (exact) mass is 225 g/mol. The van der Waals surface area contributed by atoms with Crippen molar-refractivity contribution in [3.63, 3.8) is 0 Å². The molecule has 0 aliphatic heterocycles. The topological polar surface area (TPSA) is 25.0 Å². The number of nitrogens with one attached hydrogen (secondary N) is 1. The molecule has 2 nitrogen and oxygen atoms in total. The highest BCUT2D eigenvalue weighted by Crippen LogP contribution is 2.37. The Hall–Kier alpha value is -1.96. The summed E-state index contributed by atoms with van der Waals surface area (Å²) < 4.78 is 5.56. The number of aryl methyl sites for hydroxylation is 2. The molecular weight excluding hydrogens is 210 g/mol. The first-order valence-electron chi connectivity index (χ1n) is 5.77. The van der Waals surface area contributed by atoms with Crippen molar-refractivity contribution in [3.8, 4) is 5.75 Å². The van der Waals surface area contributed by atoms with E-state index in [1.165, 1.54) is 27.4 Å². The molecule has 0 atom stereocenters. The van der Waals surface area contributed by atoms with E-state index in [0.717, 1.165) is 11.3 Å². The Morgan fingerprint density at radius 2 is 1.82 bits per heavy atom. The maximum absolute atomic E-state index is 5.56. The normalized spacial score (nSPS) is 11.2. The molecule has 0 bridgehead atoms. The summed E-state index contributed by atoms with van der Waals surface area (Å²) in [6.45, 7) is 4.22. The molecule has 0 spiro atoms. The molecule has 17 heavy (non-hydrogen) atoms. The van der Waals surface area contributed by atoms with Gasteiger partial charge in [0.2, 0.25) is 0 Å². The third-order valence-electron chi connectivity index (χ3n) is 3.32. The van der Waals surface area contributed by atoms with Gasteiger partial charge in [0.05, 0.1) is 12.6 Å². The van der Waals surface area contributed by atoms with Crippen molar-refractivity contribution in [2.45, 2.75) is 13.8 Å². The summed E-state index contributed by atoms with van der Waals surface area (Å²) in [5.74, 6) is 0.975. The van der Waals surface area contributed by atoms with Crippen LogP contribution < -0.4 is 4.74 Å². The van der Waals surface area contributed by atoms with Crippen LogP contribution in [-0.2, 0) is 0 Å². The number of fused-ring (bicyclic) bond motifs is 3. The van der Waals surface area contributed by atoms with Crippen molar-refractivity contribution in [1.82, 2.24) is 4.98 Å². The number of ether oxygens (including phenoxy) is 1. The summed E-state index contributed by atoms with van der Waals surface area (Å²) in [4.78, 5) is 3.47. The van der Waals surface area contributed by atoms with E-state index in [1.807, 2.05) is 6.07 Å². The molecule has 1 heterocycles. The fourth-order valence-corrected chi connectivity index (χ4v) is 2.60. The molecule has 1 aromatic heterocycles. The summed E-state index contributed by atoms with van der Waals surface area (Å²) in [7, 11) is 1.74. The first kappa shape index (κ1) is 10.2. The number of aromatic amines is 1. The fourth-order valence-electron chi connectivity index (χ4n) is 2.60. The molecule has 0 saturated carbocycles. The highest BCUT2D eigenvalue weighted by atomic mass is 16.5. The van der Waals surface area contributed by atoms with Gasteiger partial charge in [-0.15, -0.1) is 0 Å². The van der Waals surface area contributed by atoms with E-state index in [0.29, 0.717) is 0 Å². The lowest BCUT2D eigenvalue weighted by Gasteiger charge is -2.08. The van der Waals surface area contributed by atoms with E-state index in [-0.39, 0.29) is 0 Å². The van der Waals surface area contributed by atoms with Gasteiger partial charge in [0.25, 0.3) is 0 Å². The van der Waals surface area contributed by atoms with E-state index in [2.05, 4.69) is 43.1 Å². The third-order valence-corrected chi connectivity index (χ3v) is 3.32. The van der Waals surface area contributed by atoms with Crippen molar-refractivity contribution >= 4 is 21.8 Å². The van der Waals surface area contributed by atoms with Crippen LogP contribution in [-0.4, -0.2) is 12.1 Å². The van der Waals surface area contributed by atoms with Gasteiger partial charge >= 0.3 is 0 Å². The molecular formula is C15H15NO. The molecule has 0 fully saturated rings. The van der Waals surface area contributed by atoms with Gasteiger partial charge in [-0.1, -0.05) is 24.3 Å². The number of hydrogen-bond acceptors (Lipinski definition) is 1. The number of aromatic nitrogens is 1. The van der Waals surface area contributed by atoms with Gasteiger partial charge in [0.1, 0.15) is 5.75 Å². The first-order valence-corrected chi connectivity index (χ1v) is 5.77. The number of rotatable bonds is 1. The van der Waals surface area contributed by atoms with Gasteiger partial charge in [-0.3, -0.25) is 0 Å². The lowest BCUT2D eigenvalue weighted by Crippen LogP contribution is -1.89. The zero-order valence-electron chi connectivity index (χ0n) is 10.3. The van der Waals surface area contributed by atoms with Gasteiger partial charge < -0.3 is 9.72 Å². The standard InChI is InChI=1S/C15H15NO/c1-9-8-10(2)15(17-3)13-11-6-4-5-7-12(11)16-14(9)13/h4-8,16H,1-3H3. The number of benzene rings is 2. The van der Waals surface area contributed by atoms with Crippen LogP contribution >= 0.6 is 0 Å². The summed E-state index contributed by atoms with van der Waals surface area (Å²) in [6.07, 6.45) is 0. The van der Waals surface area contributed by atoms with Crippen LogP contribution in [0.15, 0.2) is 30.3 Å². The minimum Gasteiger partial charge on any atom is -0.496 e. The van der Waals surface area contributed by atoms with E-state index < -0.39 is 0 Å². The van der Waals surface area contributed by atoms with Crippen molar-refractivity contribution in [2.75, 3.05) is 7.11 Å². The van der Waals surface area contributed by atoms with Crippen molar-refractivity contribution < 1.29 is 4.74 Å². The van der Waals surface area contributed by atoms with E-state index in [4.69, 9.17) is 4.74 Å². The summed E-state index contributed by atoms with van der Waals surface area (Å²) in [5, 5.41) is 2.42. The Bertz CT molecular complexity index is 710. The quantitative estimate of drug-likeness (QED) is 0.666. The zero-order valence-corrected chi connectivity index (χ0v) is 10.3. The molecule has 0 unspecified atom stereocenters. The predicted molar refractivity (Wildman–Crippen MR) is 71.8 cm³/mol. The van der Waals surface area contributed by atoms with E-state index >= 15 is 0 Å². The minimum atomic E-state index is 0.975. The zero-order chi connectivity index (χ0) is 12.0. The molecule has 0 amide bonds. The number of hydrogen-bond donors (Lipinski definition) is 1. The fraction of sp³-hybridized carbons (Fsp3) is 0.200. The lowest BCUT2D eigenvalue weighted by atomic mass is 10.0. The van der Waals surface area contributed by atoms with Crippen LogP contribution in [0.5, 0.6) is 5.75 Å². The molecule has 0 saturated heterocycles. The second kappa shape index (κ2) is 3.52. The molecule has 0 aliphatic carbocycles. The summed E-state index contributed by atoms with van der Waals surface area (Å²) >= 11 is 0. The SMILES string of the molecule is COc1c(C)cc(C)c2[nH]c3ccccc3c12. The van der Waals surface area contributed by atoms with Crippen LogP contribution in [0.4, 0.5) is 0 Å². The van der Waals surface area contributed by atoms with E-state index in [1.54, 1.807) is 7.11 Å². The third kappa shape index (κ3) is 1.34. The summed E-state index contributed by atoms with van der Waals surface area (Å²) in [5.41, 5.74) is 4.78. The Morgan fingerprint density at radius 1 is 1.06 bits per heavy atom. The highest BCUT2D eigenvalue weighted by Gasteiger charge is 2.13. The average Bonchev–Trinajstić information content (AvgIpc) is 2.70. The second-order valence-electron chi connectivity index (χ2n) is 4.46. The van der Waals surface area contributed by atoms with Gasteiger partial charge in [-0.2, -0.15) is 0 Å². The maximum atomic E-state index is 5.56. The maximum Gasteiger partial charge on any atom is 0.131 e. The van der Waals surface area contributed by atoms with Crippen molar-refractivity contribution in [1.29, 1.82) is 0 Å². The molecule has 2 heteroatoms. The smallest absolute Gasteiger partial charge is 0.131 e.